The molecule has 3 aromatic rings. The molecule has 0 aliphatic rings. The van der Waals surface area contributed by atoms with Gasteiger partial charge in [0.1, 0.15) is 0 Å². The number of rotatable bonds is 6. The van der Waals surface area contributed by atoms with Gasteiger partial charge in [-0.3, -0.25) is 4.79 Å². The smallest absolute Gasteiger partial charge is 0.231 e. The zero-order valence-corrected chi connectivity index (χ0v) is 18.3. The van der Waals surface area contributed by atoms with Crippen LogP contribution < -0.4 is 10.6 Å². The highest BCUT2D eigenvalue weighted by Gasteiger charge is 2.26. The van der Waals surface area contributed by atoms with E-state index in [9.17, 15) is 4.79 Å². The number of anilines is 3. The molecule has 0 bridgehead atoms. The summed E-state index contributed by atoms with van der Waals surface area (Å²) in [6.07, 6.45) is 0. The van der Waals surface area contributed by atoms with Crippen LogP contribution in [0.2, 0.25) is 10.0 Å². The Kier molecular flexibility index (Phi) is 6.50. The SMILES string of the molecule is CC(C)(CCl)C(=O)Nc1ccc(-c2csc(Nc3ccc(Cl)c(Cl)c3)n2)cc1. The molecule has 0 spiro atoms. The Morgan fingerprint density at radius 3 is 2.39 bits per heavy atom. The second-order valence-corrected chi connectivity index (χ2v) is 8.78. The van der Waals surface area contributed by atoms with Crippen molar-refractivity contribution in [2.45, 2.75) is 13.8 Å². The Hall–Kier alpha value is -1.79. The molecule has 28 heavy (non-hydrogen) atoms. The number of nitrogens with one attached hydrogen (secondary N) is 2. The normalized spacial score (nSPS) is 11.3. The lowest BCUT2D eigenvalue weighted by atomic mass is 9.95. The van der Waals surface area contributed by atoms with Crippen molar-refractivity contribution in [1.82, 2.24) is 4.98 Å². The molecule has 2 aromatic carbocycles. The van der Waals surface area contributed by atoms with Crippen molar-refractivity contribution < 1.29 is 4.79 Å². The second kappa shape index (κ2) is 8.70. The molecule has 0 atom stereocenters. The lowest BCUT2D eigenvalue weighted by Crippen LogP contribution is -2.32. The number of halogens is 3. The minimum absolute atomic E-state index is 0.114. The third-order valence-electron chi connectivity index (χ3n) is 4.06. The summed E-state index contributed by atoms with van der Waals surface area (Å²) in [6, 6.07) is 12.9. The maximum Gasteiger partial charge on any atom is 0.231 e. The quantitative estimate of drug-likeness (QED) is 0.392. The lowest BCUT2D eigenvalue weighted by Gasteiger charge is -2.20. The largest absolute Gasteiger partial charge is 0.331 e. The van der Waals surface area contributed by atoms with Crippen LogP contribution in [-0.2, 0) is 4.79 Å². The Morgan fingerprint density at radius 2 is 1.75 bits per heavy atom. The molecule has 1 heterocycles. The van der Waals surface area contributed by atoms with E-state index in [2.05, 4.69) is 15.6 Å². The molecule has 0 saturated heterocycles. The first kappa shape index (κ1) is 20.9. The van der Waals surface area contributed by atoms with Crippen LogP contribution in [0.1, 0.15) is 13.8 Å². The van der Waals surface area contributed by atoms with Gasteiger partial charge in [0.15, 0.2) is 5.13 Å². The number of hydrogen-bond acceptors (Lipinski definition) is 4. The van der Waals surface area contributed by atoms with Gasteiger partial charge in [0, 0.05) is 28.2 Å². The van der Waals surface area contributed by atoms with E-state index in [1.807, 2.05) is 35.7 Å². The van der Waals surface area contributed by atoms with Gasteiger partial charge >= 0.3 is 0 Å². The van der Waals surface area contributed by atoms with Crippen LogP contribution in [0.25, 0.3) is 11.3 Å². The molecule has 8 heteroatoms. The lowest BCUT2D eigenvalue weighted by molar-refractivity contribution is -0.122. The number of thiazole rings is 1. The molecule has 4 nitrogen and oxygen atoms in total. The maximum atomic E-state index is 12.2. The summed E-state index contributed by atoms with van der Waals surface area (Å²) in [5.74, 6) is 0.140. The first-order valence-electron chi connectivity index (χ1n) is 8.44. The van der Waals surface area contributed by atoms with E-state index in [0.717, 1.165) is 27.8 Å². The Bertz CT molecular complexity index is 987. The predicted octanol–water partition coefficient (Wildman–Crippen LogP) is 7.06. The zero-order chi connectivity index (χ0) is 20.3. The number of carbonyl (C=O) groups is 1. The number of alkyl halides is 1. The molecule has 1 aromatic heterocycles. The van der Waals surface area contributed by atoms with Gasteiger partial charge < -0.3 is 10.6 Å². The number of amides is 1. The number of carbonyl (C=O) groups excluding carboxylic acids is 1. The van der Waals surface area contributed by atoms with Crippen LogP contribution >= 0.6 is 46.1 Å². The van der Waals surface area contributed by atoms with E-state index in [0.29, 0.717) is 10.0 Å². The highest BCUT2D eigenvalue weighted by Crippen LogP contribution is 2.31. The predicted molar refractivity (Wildman–Crippen MR) is 120 cm³/mol. The van der Waals surface area contributed by atoms with Gasteiger partial charge in [0.2, 0.25) is 5.91 Å². The van der Waals surface area contributed by atoms with Crippen molar-refractivity contribution in [3.05, 3.63) is 57.9 Å². The average Bonchev–Trinajstić information content (AvgIpc) is 3.13. The minimum Gasteiger partial charge on any atom is -0.331 e. The third kappa shape index (κ3) is 4.97. The second-order valence-electron chi connectivity index (χ2n) is 6.84. The van der Waals surface area contributed by atoms with Gasteiger partial charge in [-0.25, -0.2) is 4.98 Å². The van der Waals surface area contributed by atoms with Crippen LogP contribution in [-0.4, -0.2) is 16.8 Å². The molecule has 146 valence electrons. The summed E-state index contributed by atoms with van der Waals surface area (Å²) < 4.78 is 0. The first-order valence-corrected chi connectivity index (χ1v) is 10.6. The van der Waals surface area contributed by atoms with E-state index >= 15 is 0 Å². The molecule has 0 fully saturated rings. The van der Waals surface area contributed by atoms with Crippen molar-refractivity contribution in [3.63, 3.8) is 0 Å². The fourth-order valence-electron chi connectivity index (χ4n) is 2.25. The van der Waals surface area contributed by atoms with Gasteiger partial charge in [0.05, 0.1) is 21.2 Å². The minimum atomic E-state index is -0.625. The monoisotopic (exact) mass is 453 g/mol. The van der Waals surface area contributed by atoms with Crippen LogP contribution in [0.4, 0.5) is 16.5 Å². The summed E-state index contributed by atoms with van der Waals surface area (Å²) in [5.41, 5.74) is 2.70. The summed E-state index contributed by atoms with van der Waals surface area (Å²) in [4.78, 5) is 16.8. The van der Waals surface area contributed by atoms with E-state index in [1.165, 1.54) is 11.3 Å². The summed E-state index contributed by atoms with van der Waals surface area (Å²) in [5, 5.41) is 9.80. The number of benzene rings is 2. The molecule has 2 N–H and O–H groups in total. The summed E-state index contributed by atoms with van der Waals surface area (Å²) in [7, 11) is 0. The zero-order valence-electron chi connectivity index (χ0n) is 15.2. The maximum absolute atomic E-state index is 12.2. The Balaban J connectivity index is 1.69. The van der Waals surface area contributed by atoms with Crippen LogP contribution in [0.15, 0.2) is 47.8 Å². The molecule has 0 unspecified atom stereocenters. The van der Waals surface area contributed by atoms with Crippen molar-refractivity contribution in [3.8, 4) is 11.3 Å². The van der Waals surface area contributed by atoms with E-state index in [4.69, 9.17) is 34.8 Å². The Morgan fingerprint density at radius 1 is 1.07 bits per heavy atom. The number of hydrogen-bond donors (Lipinski definition) is 2. The topological polar surface area (TPSA) is 54.0 Å². The molecular formula is C20H18Cl3N3OS. The first-order chi connectivity index (χ1) is 13.3. The average molecular weight is 455 g/mol. The fraction of sp³-hybridized carbons (Fsp3) is 0.200. The Labute approximate surface area is 182 Å². The molecule has 0 saturated carbocycles. The molecule has 1 amide bonds. The van der Waals surface area contributed by atoms with Crippen LogP contribution in [0.5, 0.6) is 0 Å². The van der Waals surface area contributed by atoms with Crippen molar-refractivity contribution >= 4 is 68.6 Å². The summed E-state index contributed by atoms with van der Waals surface area (Å²) >= 11 is 19.3. The highest BCUT2D eigenvalue weighted by molar-refractivity contribution is 7.14. The van der Waals surface area contributed by atoms with E-state index in [1.54, 1.807) is 26.0 Å². The summed E-state index contributed by atoms with van der Waals surface area (Å²) in [6.45, 7) is 3.61. The van der Waals surface area contributed by atoms with Crippen molar-refractivity contribution in [2.75, 3.05) is 16.5 Å². The van der Waals surface area contributed by atoms with Gasteiger partial charge in [-0.1, -0.05) is 35.3 Å². The fourth-order valence-corrected chi connectivity index (χ4v) is 3.41. The molecule has 0 aliphatic heterocycles. The van der Waals surface area contributed by atoms with Gasteiger partial charge in [-0.15, -0.1) is 22.9 Å². The third-order valence-corrected chi connectivity index (χ3v) is 6.23. The van der Waals surface area contributed by atoms with Gasteiger partial charge in [0.25, 0.3) is 0 Å². The van der Waals surface area contributed by atoms with Crippen molar-refractivity contribution in [2.24, 2.45) is 5.41 Å². The van der Waals surface area contributed by atoms with Crippen LogP contribution in [0, 0.1) is 5.41 Å². The molecular weight excluding hydrogens is 437 g/mol. The van der Waals surface area contributed by atoms with E-state index in [-0.39, 0.29) is 11.8 Å². The van der Waals surface area contributed by atoms with Crippen LogP contribution in [0.3, 0.4) is 0 Å². The molecule has 3 rings (SSSR count). The highest BCUT2D eigenvalue weighted by atomic mass is 35.5. The number of aromatic nitrogens is 1. The standard InChI is InChI=1S/C20H18Cl3N3OS/c1-20(2,11-21)18(27)24-13-5-3-12(4-6-13)17-10-28-19(26-17)25-14-7-8-15(22)16(23)9-14/h3-10H,11H2,1-2H3,(H,24,27)(H,25,26). The molecule has 0 aliphatic carbocycles. The number of nitrogens with zero attached hydrogens (tertiary/aromatic N) is 1. The van der Waals surface area contributed by atoms with E-state index < -0.39 is 5.41 Å². The van der Waals surface area contributed by atoms with Gasteiger partial charge in [-0.05, 0) is 44.2 Å². The molecule has 0 radical (unpaired) electrons. The van der Waals surface area contributed by atoms with Gasteiger partial charge in [-0.2, -0.15) is 0 Å². The van der Waals surface area contributed by atoms with Crippen molar-refractivity contribution in [1.29, 1.82) is 0 Å².